The first kappa shape index (κ1) is 20.4. The molecule has 0 spiro atoms. The van der Waals surface area contributed by atoms with E-state index in [1.807, 2.05) is 56.3 Å². The van der Waals surface area contributed by atoms with Gasteiger partial charge in [-0.1, -0.05) is 18.2 Å². The molecule has 4 nitrogen and oxygen atoms in total. The highest BCUT2D eigenvalue weighted by Gasteiger charge is 2.36. The molecule has 2 amide bonds. The molecule has 3 rings (SSSR count). The van der Waals surface area contributed by atoms with Crippen molar-refractivity contribution in [3.8, 4) is 5.75 Å². The van der Waals surface area contributed by atoms with E-state index in [-0.39, 0.29) is 17.2 Å². The van der Waals surface area contributed by atoms with Crippen molar-refractivity contribution in [3.05, 3.63) is 66.5 Å². The summed E-state index contributed by atoms with van der Waals surface area (Å²) < 4.78 is 7.85. The average Bonchev–Trinajstić information content (AvgIpc) is 2.89. The molecular formula is C20H17BrINO3S. The zero-order chi connectivity index (χ0) is 19.6. The van der Waals surface area contributed by atoms with Crippen molar-refractivity contribution < 1.29 is 14.3 Å². The van der Waals surface area contributed by atoms with Gasteiger partial charge < -0.3 is 4.74 Å². The van der Waals surface area contributed by atoms with Crippen LogP contribution in [-0.2, 0) is 11.4 Å². The van der Waals surface area contributed by atoms with E-state index in [4.69, 9.17) is 4.74 Å². The predicted molar refractivity (Wildman–Crippen MR) is 121 cm³/mol. The van der Waals surface area contributed by atoms with Crippen LogP contribution in [0.4, 0.5) is 4.79 Å². The van der Waals surface area contributed by atoms with E-state index in [2.05, 4.69) is 38.5 Å². The van der Waals surface area contributed by atoms with Crippen molar-refractivity contribution in [1.29, 1.82) is 0 Å². The quantitative estimate of drug-likeness (QED) is 0.330. The predicted octanol–water partition coefficient (Wildman–Crippen LogP) is 6.08. The maximum atomic E-state index is 12.4. The van der Waals surface area contributed by atoms with E-state index in [0.717, 1.165) is 33.1 Å². The third-order valence-electron chi connectivity index (χ3n) is 3.90. The van der Waals surface area contributed by atoms with Crippen LogP contribution in [-0.4, -0.2) is 22.1 Å². The van der Waals surface area contributed by atoms with Gasteiger partial charge in [0.25, 0.3) is 11.1 Å². The van der Waals surface area contributed by atoms with Gasteiger partial charge in [-0.05, 0) is 106 Å². The Balaban J connectivity index is 1.72. The molecule has 1 heterocycles. The minimum absolute atomic E-state index is 0.146. The summed E-state index contributed by atoms with van der Waals surface area (Å²) in [6.45, 7) is 4.13. The van der Waals surface area contributed by atoms with Crippen LogP contribution in [0.3, 0.4) is 0 Å². The van der Waals surface area contributed by atoms with E-state index in [1.165, 1.54) is 8.47 Å². The van der Waals surface area contributed by atoms with E-state index in [0.29, 0.717) is 11.5 Å². The number of carbonyl (C=O) groups excluding carboxylic acids is 2. The third kappa shape index (κ3) is 4.94. The molecule has 0 aliphatic carbocycles. The van der Waals surface area contributed by atoms with Gasteiger partial charge in [-0.15, -0.1) is 0 Å². The van der Waals surface area contributed by atoms with Crippen LogP contribution < -0.4 is 4.74 Å². The Morgan fingerprint density at radius 3 is 2.48 bits per heavy atom. The lowest BCUT2D eigenvalue weighted by molar-refractivity contribution is -0.123. The molecule has 7 heteroatoms. The van der Waals surface area contributed by atoms with Gasteiger partial charge in [0.05, 0.1) is 9.38 Å². The number of hydrogen-bond acceptors (Lipinski definition) is 4. The van der Waals surface area contributed by atoms with Gasteiger partial charge in [0.1, 0.15) is 12.4 Å². The van der Waals surface area contributed by atoms with Crippen molar-refractivity contribution in [2.75, 3.05) is 0 Å². The molecule has 2 aromatic rings. The van der Waals surface area contributed by atoms with Gasteiger partial charge in [-0.25, -0.2) is 0 Å². The maximum absolute atomic E-state index is 12.4. The summed E-state index contributed by atoms with van der Waals surface area (Å²) >= 11 is 6.76. The number of imide groups is 1. The van der Waals surface area contributed by atoms with Crippen molar-refractivity contribution >= 4 is 67.5 Å². The smallest absolute Gasteiger partial charge is 0.293 e. The number of rotatable bonds is 5. The highest BCUT2D eigenvalue weighted by atomic mass is 127. The van der Waals surface area contributed by atoms with Crippen LogP contribution in [0.15, 0.2) is 51.8 Å². The number of amides is 2. The van der Waals surface area contributed by atoms with Crippen LogP contribution in [0.2, 0.25) is 0 Å². The largest absolute Gasteiger partial charge is 0.488 e. The molecule has 0 saturated carbocycles. The van der Waals surface area contributed by atoms with E-state index in [1.54, 1.807) is 6.08 Å². The topological polar surface area (TPSA) is 46.6 Å². The Hall–Kier alpha value is -1.32. The molecule has 0 bridgehead atoms. The number of benzene rings is 2. The molecule has 27 heavy (non-hydrogen) atoms. The first-order chi connectivity index (χ1) is 12.8. The molecule has 1 saturated heterocycles. The fourth-order valence-electron chi connectivity index (χ4n) is 2.54. The lowest BCUT2D eigenvalue weighted by atomic mass is 10.2. The number of halogens is 2. The van der Waals surface area contributed by atoms with Crippen LogP contribution in [0.5, 0.6) is 5.75 Å². The fourth-order valence-corrected chi connectivity index (χ4v) is 4.37. The van der Waals surface area contributed by atoms with Crippen LogP contribution >= 0.6 is 50.3 Å². The average molecular weight is 558 g/mol. The summed E-state index contributed by atoms with van der Waals surface area (Å²) in [4.78, 5) is 26.1. The molecule has 0 aromatic heterocycles. The fraction of sp³-hybridized carbons (Fsp3) is 0.200. The Bertz CT molecular complexity index is 912. The van der Waals surface area contributed by atoms with Crippen LogP contribution in [0.25, 0.3) is 6.08 Å². The highest BCUT2D eigenvalue weighted by Crippen LogP contribution is 2.35. The zero-order valence-electron chi connectivity index (χ0n) is 14.7. The minimum atomic E-state index is -0.241. The van der Waals surface area contributed by atoms with Crippen molar-refractivity contribution in [3.63, 3.8) is 0 Å². The van der Waals surface area contributed by atoms with Gasteiger partial charge in [0, 0.05) is 9.61 Å². The van der Waals surface area contributed by atoms with Gasteiger partial charge in [0.2, 0.25) is 0 Å². The number of carbonyl (C=O) groups is 2. The lowest BCUT2D eigenvalue weighted by Gasteiger charge is -2.16. The third-order valence-corrected chi connectivity index (χ3v) is 6.12. The van der Waals surface area contributed by atoms with Crippen molar-refractivity contribution in [1.82, 2.24) is 4.90 Å². The molecule has 0 radical (unpaired) electrons. The molecule has 1 aliphatic rings. The minimum Gasteiger partial charge on any atom is -0.488 e. The van der Waals surface area contributed by atoms with E-state index in [9.17, 15) is 9.59 Å². The first-order valence-electron chi connectivity index (χ1n) is 8.29. The summed E-state index contributed by atoms with van der Waals surface area (Å²) in [6.07, 6.45) is 1.74. The monoisotopic (exact) mass is 557 g/mol. The normalized spacial score (nSPS) is 15.9. The summed E-state index contributed by atoms with van der Waals surface area (Å²) in [5.74, 6) is 0.483. The Kier molecular flexibility index (Phi) is 6.65. The molecule has 1 aliphatic heterocycles. The molecular weight excluding hydrogens is 541 g/mol. The lowest BCUT2D eigenvalue weighted by Crippen LogP contribution is -2.34. The van der Waals surface area contributed by atoms with Crippen molar-refractivity contribution in [2.24, 2.45) is 0 Å². The van der Waals surface area contributed by atoms with E-state index < -0.39 is 0 Å². The molecule has 2 aromatic carbocycles. The first-order valence-corrected chi connectivity index (χ1v) is 11.0. The number of ether oxygens (including phenoxy) is 1. The summed E-state index contributed by atoms with van der Waals surface area (Å²) in [5, 5.41) is -0.224. The second kappa shape index (κ2) is 8.79. The van der Waals surface area contributed by atoms with Gasteiger partial charge in [0.15, 0.2) is 0 Å². The summed E-state index contributed by atoms with van der Waals surface area (Å²) in [7, 11) is 0. The molecule has 0 unspecified atom stereocenters. The van der Waals surface area contributed by atoms with E-state index >= 15 is 0 Å². The number of nitrogens with zero attached hydrogens (tertiary/aromatic N) is 1. The molecule has 0 N–H and O–H groups in total. The van der Waals surface area contributed by atoms with Crippen molar-refractivity contribution in [2.45, 2.75) is 26.5 Å². The van der Waals surface area contributed by atoms with Gasteiger partial charge >= 0.3 is 0 Å². The Labute approximate surface area is 184 Å². The summed E-state index contributed by atoms with van der Waals surface area (Å²) in [6, 6.07) is 13.6. The maximum Gasteiger partial charge on any atom is 0.293 e. The molecule has 1 fully saturated rings. The van der Waals surface area contributed by atoms with Crippen LogP contribution in [0, 0.1) is 3.57 Å². The molecule has 0 atom stereocenters. The molecule has 140 valence electrons. The zero-order valence-corrected chi connectivity index (χ0v) is 19.3. The second-order valence-electron chi connectivity index (χ2n) is 6.25. The number of thioether (sulfide) groups is 1. The highest BCUT2D eigenvalue weighted by molar-refractivity contribution is 14.1. The standard InChI is InChI=1S/C20H17BrINO3S/c1-12(2)23-19(24)18(27-20(23)25)10-14-5-8-17(16(21)9-14)26-11-13-3-6-15(22)7-4-13/h3-10,12H,11H2,1-2H3/b18-10-. The summed E-state index contributed by atoms with van der Waals surface area (Å²) in [5.41, 5.74) is 1.92. The van der Waals surface area contributed by atoms with Gasteiger partial charge in [-0.3, -0.25) is 14.5 Å². The number of hydrogen-bond donors (Lipinski definition) is 0. The SMILES string of the molecule is CC(C)N1C(=O)S/C(=C\c2ccc(OCc3ccc(I)cc3)c(Br)c2)C1=O. The second-order valence-corrected chi connectivity index (χ2v) is 9.34. The van der Waals surface area contributed by atoms with Gasteiger partial charge in [-0.2, -0.15) is 0 Å². The Morgan fingerprint density at radius 1 is 1.19 bits per heavy atom. The van der Waals surface area contributed by atoms with Crippen LogP contribution in [0.1, 0.15) is 25.0 Å². The Morgan fingerprint density at radius 2 is 1.89 bits per heavy atom.